The van der Waals surface area contributed by atoms with Gasteiger partial charge >= 0.3 is 59.5 Å². The van der Waals surface area contributed by atoms with Crippen molar-refractivity contribution in [3.8, 4) is 0 Å². The van der Waals surface area contributed by atoms with Crippen molar-refractivity contribution >= 4 is 32.6 Å². The minimum atomic E-state index is -4.34. The average Bonchev–Trinajstić information content (AvgIpc) is 1.14. The van der Waals surface area contributed by atoms with Crippen LogP contribution >= 0.6 is 0 Å². The molecule has 0 saturated heterocycles. The Morgan fingerprint density at radius 3 is 1.56 bits per heavy atom. The van der Waals surface area contributed by atoms with E-state index >= 15 is 0 Å². The van der Waals surface area contributed by atoms with E-state index in [2.05, 4.69) is 0 Å². The summed E-state index contributed by atoms with van der Waals surface area (Å²) < 4.78 is 46.1. The molecule has 0 heterocycles. The third-order valence-corrected chi connectivity index (χ3v) is 4.50. The molecule has 0 spiro atoms. The molecule has 5 nitrogen and oxygen atoms in total. The Morgan fingerprint density at radius 2 is 1.56 bits per heavy atom. The van der Waals surface area contributed by atoms with E-state index in [1.54, 1.807) is 14.4 Å². The molecule has 1 unspecified atom stereocenters. The van der Waals surface area contributed by atoms with Crippen LogP contribution in [0.3, 0.4) is 0 Å². The Balaban J connectivity index is 4.46. The van der Waals surface area contributed by atoms with Gasteiger partial charge in [-0.25, -0.2) is 0 Å². The quantitative estimate of drug-likeness (QED) is 0.460. The summed E-state index contributed by atoms with van der Waals surface area (Å²) in [6, 6.07) is 0. The van der Waals surface area contributed by atoms with Gasteiger partial charge in [0.2, 0.25) is 0 Å². The van der Waals surface area contributed by atoms with Crippen LogP contribution < -0.4 is 0 Å². The zero-order valence-electron chi connectivity index (χ0n) is 4.05. The molecule has 0 aromatic rings. The molecule has 0 radical (unpaired) electrons. The molecule has 1 atom stereocenters. The molecule has 0 aliphatic carbocycles. The van der Waals surface area contributed by atoms with Gasteiger partial charge in [-0.15, -0.1) is 0 Å². The summed E-state index contributed by atoms with van der Waals surface area (Å²) in [5.74, 6) is 0. The van der Waals surface area contributed by atoms with Gasteiger partial charge in [0, 0.05) is 0 Å². The van der Waals surface area contributed by atoms with Crippen LogP contribution in [0.5, 0.6) is 0 Å². The maximum atomic E-state index is 10.2. The minimum absolute atomic E-state index is 1.15. The van der Waals surface area contributed by atoms with Gasteiger partial charge in [0.1, 0.15) is 0 Å². The molecular formula is CH4O5S2Se. The second-order valence-corrected chi connectivity index (χ2v) is 7.83. The van der Waals surface area contributed by atoms with Crippen molar-refractivity contribution in [3.05, 3.63) is 0 Å². The van der Waals surface area contributed by atoms with Gasteiger partial charge in [0.05, 0.1) is 0 Å². The molecule has 0 rings (SSSR count). The van der Waals surface area contributed by atoms with Crippen molar-refractivity contribution in [2.75, 3.05) is 5.08 Å². The molecule has 56 valence electrons. The van der Waals surface area contributed by atoms with Crippen LogP contribution in [0.4, 0.5) is 0 Å². The molecule has 0 aliphatic heterocycles. The van der Waals surface area contributed by atoms with E-state index in [1.165, 1.54) is 0 Å². The van der Waals surface area contributed by atoms with Crippen molar-refractivity contribution in [1.29, 1.82) is 0 Å². The molecule has 0 bridgehead atoms. The van der Waals surface area contributed by atoms with Crippen molar-refractivity contribution in [3.63, 3.8) is 0 Å². The molecule has 0 aromatic carbocycles. The maximum absolute atomic E-state index is 10.2. The Bertz CT molecular complexity index is 240. The first-order chi connectivity index (χ1) is 3.71. The Hall–Kier alpha value is 0.539. The van der Waals surface area contributed by atoms with E-state index in [9.17, 15) is 12.6 Å². The van der Waals surface area contributed by atoms with Gasteiger partial charge in [-0.2, -0.15) is 0 Å². The van der Waals surface area contributed by atoms with Crippen molar-refractivity contribution in [2.45, 2.75) is 0 Å². The fourth-order valence-electron chi connectivity index (χ4n) is 0.188. The molecule has 0 saturated carbocycles. The van der Waals surface area contributed by atoms with Crippen LogP contribution in [0.15, 0.2) is 0 Å². The van der Waals surface area contributed by atoms with Crippen molar-refractivity contribution in [1.82, 2.24) is 0 Å². The summed E-state index contributed by atoms with van der Waals surface area (Å²) >= 11 is 1.72. The van der Waals surface area contributed by atoms with Crippen LogP contribution in [0, 0.1) is 0 Å². The predicted molar refractivity (Wildman–Crippen MR) is 32.9 cm³/mol. The summed E-state index contributed by atoms with van der Waals surface area (Å²) in [6.45, 7) is 0. The predicted octanol–water partition coefficient (Wildman–Crippen LogP) is -1.33. The van der Waals surface area contributed by atoms with Gasteiger partial charge in [-0.3, -0.25) is 0 Å². The summed E-state index contributed by atoms with van der Waals surface area (Å²) in [5.41, 5.74) is 0. The van der Waals surface area contributed by atoms with Gasteiger partial charge in [0.25, 0.3) is 0 Å². The van der Waals surface area contributed by atoms with E-state index in [0.29, 0.717) is 0 Å². The first-order valence-corrected chi connectivity index (χ1v) is 6.93. The van der Waals surface area contributed by atoms with Gasteiger partial charge in [0.15, 0.2) is 0 Å². The molecule has 9 heavy (non-hydrogen) atoms. The Labute approximate surface area is 59.7 Å². The number of rotatable bonds is 2. The topological polar surface area (TPSA) is 91.7 Å². The van der Waals surface area contributed by atoms with Crippen LogP contribution in [0.25, 0.3) is 0 Å². The summed E-state index contributed by atoms with van der Waals surface area (Å²) in [7, 11) is -7.83. The zero-order chi connectivity index (χ0) is 7.71. The first kappa shape index (κ1) is 9.54. The van der Waals surface area contributed by atoms with E-state index in [4.69, 9.17) is 9.11 Å². The molecule has 0 aliphatic rings. The number of hydrogen-bond acceptors (Lipinski definition) is 3. The molecule has 8 heteroatoms. The standard InChI is InChI=1S/CH4O5S2Se/c2-7(3,4)1-8(5,6)9/h1H2,(H,2,3,4)(H,5,6,9). The fraction of sp³-hybridized carbons (Fsp3) is 1.00. The van der Waals surface area contributed by atoms with Crippen LogP contribution in [-0.2, 0) is 18.3 Å². The SMILES string of the molecule is O=S(=O)(O)CS(=O)(O)=[Se]. The molecule has 0 amide bonds. The van der Waals surface area contributed by atoms with Crippen molar-refractivity contribution < 1.29 is 21.7 Å². The first-order valence-electron chi connectivity index (χ1n) is 1.61. The number of hydrogen-bond donors (Lipinski definition) is 2. The van der Waals surface area contributed by atoms with Gasteiger partial charge in [-0.1, -0.05) is 0 Å². The summed E-state index contributed by atoms with van der Waals surface area (Å²) in [4.78, 5) is 0. The van der Waals surface area contributed by atoms with E-state index in [-0.39, 0.29) is 0 Å². The zero-order valence-corrected chi connectivity index (χ0v) is 7.40. The average molecular weight is 239 g/mol. The Morgan fingerprint density at radius 1 is 1.22 bits per heavy atom. The normalized spacial score (nSPS) is 18.9. The van der Waals surface area contributed by atoms with E-state index in [1.807, 2.05) is 0 Å². The van der Waals surface area contributed by atoms with Crippen LogP contribution in [0.1, 0.15) is 0 Å². The van der Waals surface area contributed by atoms with Crippen LogP contribution in [0.2, 0.25) is 0 Å². The second kappa shape index (κ2) is 2.65. The summed E-state index contributed by atoms with van der Waals surface area (Å²) in [5, 5.41) is -1.15. The third kappa shape index (κ3) is 8.54. The van der Waals surface area contributed by atoms with Gasteiger partial charge < -0.3 is 0 Å². The second-order valence-electron chi connectivity index (χ2n) is 1.28. The van der Waals surface area contributed by atoms with Gasteiger partial charge in [-0.05, 0) is 0 Å². The van der Waals surface area contributed by atoms with Crippen LogP contribution in [-0.4, -0.2) is 41.2 Å². The van der Waals surface area contributed by atoms with E-state index < -0.39 is 23.3 Å². The third-order valence-electron chi connectivity index (χ3n) is 0.298. The fourth-order valence-corrected chi connectivity index (χ4v) is 3.99. The monoisotopic (exact) mass is 240 g/mol. The molecule has 0 aromatic heterocycles. The molecule has 0 fully saturated rings. The van der Waals surface area contributed by atoms with Crippen molar-refractivity contribution in [2.24, 2.45) is 0 Å². The Kier molecular flexibility index (Phi) is 2.81. The van der Waals surface area contributed by atoms with E-state index in [0.717, 1.165) is 0 Å². The molecular weight excluding hydrogens is 235 g/mol. The molecule has 2 N–H and O–H groups in total. The summed E-state index contributed by atoms with van der Waals surface area (Å²) in [6.07, 6.45) is 0.